The second-order valence-electron chi connectivity index (χ2n) is 5.08. The van der Waals surface area contributed by atoms with Crippen LogP contribution in [-0.4, -0.2) is 22.4 Å². The van der Waals surface area contributed by atoms with Crippen LogP contribution in [0.2, 0.25) is 0 Å². The van der Waals surface area contributed by atoms with Gasteiger partial charge in [0.2, 0.25) is 0 Å². The largest absolute Gasteiger partial charge is 0.314 e. The van der Waals surface area contributed by atoms with Crippen molar-refractivity contribution in [1.29, 1.82) is 0 Å². The van der Waals surface area contributed by atoms with Gasteiger partial charge in [0.1, 0.15) is 0 Å². The van der Waals surface area contributed by atoms with Crippen molar-refractivity contribution in [3.8, 4) is 0 Å². The molecule has 1 saturated heterocycles. The minimum atomic E-state index is -1.29. The Labute approximate surface area is 102 Å². The molecule has 4 heteroatoms. The van der Waals surface area contributed by atoms with Gasteiger partial charge in [-0.25, -0.2) is 4.39 Å². The summed E-state index contributed by atoms with van der Waals surface area (Å²) in [6.45, 7) is 5.41. The molecule has 0 aliphatic carbocycles. The second kappa shape index (κ2) is 5.17. The highest BCUT2D eigenvalue weighted by atomic mass is 19.1. The lowest BCUT2D eigenvalue weighted by Crippen LogP contribution is -2.39. The van der Waals surface area contributed by atoms with Crippen molar-refractivity contribution >= 4 is 0 Å². The van der Waals surface area contributed by atoms with Crippen LogP contribution >= 0.6 is 0 Å². The monoisotopic (exact) mass is 239 g/mol. The van der Waals surface area contributed by atoms with Crippen LogP contribution < -0.4 is 5.32 Å². The molecule has 2 heterocycles. The average molecular weight is 239 g/mol. The molecule has 1 N–H and O–H groups in total. The summed E-state index contributed by atoms with van der Waals surface area (Å²) in [6.07, 6.45) is 5.73. The van der Waals surface area contributed by atoms with Crippen LogP contribution in [0, 0.1) is 0 Å². The molecule has 2 unspecified atom stereocenters. The Morgan fingerprint density at radius 1 is 1.59 bits per heavy atom. The molecule has 1 aliphatic rings. The molecule has 2 atom stereocenters. The topological polar surface area (TPSA) is 29.9 Å². The molecule has 0 aromatic carbocycles. The van der Waals surface area contributed by atoms with Crippen LogP contribution in [-0.2, 0) is 12.2 Å². The first-order chi connectivity index (χ1) is 8.13. The highest BCUT2D eigenvalue weighted by molar-refractivity contribution is 5.11. The molecule has 1 aromatic rings. The van der Waals surface area contributed by atoms with E-state index >= 15 is 0 Å². The Bertz CT molecular complexity index is 353. The summed E-state index contributed by atoms with van der Waals surface area (Å²) in [7, 11) is 0. The lowest BCUT2D eigenvalue weighted by Gasteiger charge is -2.30. The lowest BCUT2D eigenvalue weighted by molar-refractivity contribution is 0.134. The number of halogens is 1. The maximum Gasteiger partial charge on any atom is 0.151 e. The Morgan fingerprint density at radius 3 is 3.06 bits per heavy atom. The highest BCUT2D eigenvalue weighted by Gasteiger charge is 2.33. The van der Waals surface area contributed by atoms with Gasteiger partial charge in [-0.15, -0.1) is 0 Å². The van der Waals surface area contributed by atoms with Gasteiger partial charge in [-0.1, -0.05) is 6.42 Å². The molecule has 0 radical (unpaired) electrons. The average Bonchev–Trinajstić information content (AvgIpc) is 2.78. The predicted molar refractivity (Wildman–Crippen MR) is 66.6 cm³/mol. The van der Waals surface area contributed by atoms with Crippen molar-refractivity contribution in [3.63, 3.8) is 0 Å². The fraction of sp³-hybridized carbons (Fsp3) is 0.769. The van der Waals surface area contributed by atoms with Crippen LogP contribution in [0.1, 0.15) is 45.2 Å². The lowest BCUT2D eigenvalue weighted by atomic mass is 9.90. The summed E-state index contributed by atoms with van der Waals surface area (Å²) < 4.78 is 16.5. The third-order valence-corrected chi connectivity index (χ3v) is 3.59. The van der Waals surface area contributed by atoms with Gasteiger partial charge in [-0.3, -0.25) is 4.68 Å². The first-order valence-corrected chi connectivity index (χ1v) is 6.58. The van der Waals surface area contributed by atoms with E-state index in [2.05, 4.69) is 10.4 Å². The predicted octanol–water partition coefficient (Wildman–Crippen LogP) is 2.62. The number of alkyl halides is 1. The number of nitrogens with zero attached hydrogens (tertiary/aromatic N) is 2. The Kier molecular flexibility index (Phi) is 3.82. The van der Waals surface area contributed by atoms with Gasteiger partial charge in [0.25, 0.3) is 0 Å². The van der Waals surface area contributed by atoms with Crippen LogP contribution in [0.4, 0.5) is 4.39 Å². The van der Waals surface area contributed by atoms with Crippen LogP contribution in [0.3, 0.4) is 0 Å². The quantitative estimate of drug-likeness (QED) is 0.875. The van der Waals surface area contributed by atoms with E-state index in [1.54, 1.807) is 23.9 Å². The van der Waals surface area contributed by atoms with Crippen molar-refractivity contribution in [2.75, 3.05) is 6.54 Å². The zero-order valence-corrected chi connectivity index (χ0v) is 10.7. The van der Waals surface area contributed by atoms with E-state index in [0.29, 0.717) is 18.2 Å². The van der Waals surface area contributed by atoms with E-state index in [-0.39, 0.29) is 0 Å². The summed E-state index contributed by atoms with van der Waals surface area (Å²) in [4.78, 5) is 0. The third-order valence-electron chi connectivity index (χ3n) is 3.59. The Balaban J connectivity index is 2.06. The summed E-state index contributed by atoms with van der Waals surface area (Å²) in [6, 6.07) is 2.10. The molecule has 0 saturated carbocycles. The van der Waals surface area contributed by atoms with Gasteiger partial charge >= 0.3 is 0 Å². The fourth-order valence-electron chi connectivity index (χ4n) is 2.69. The molecule has 0 spiro atoms. The Morgan fingerprint density at radius 2 is 2.41 bits per heavy atom. The number of rotatable bonds is 4. The molecule has 0 amide bonds. The zero-order chi connectivity index (χ0) is 12.3. The minimum absolute atomic E-state index is 0.305. The molecular formula is C13H22FN3. The number of nitrogens with one attached hydrogen (secondary N) is 1. The number of aryl methyl sites for hydroxylation is 1. The maximum absolute atomic E-state index is 14.8. The van der Waals surface area contributed by atoms with Crippen LogP contribution in [0.25, 0.3) is 0 Å². The van der Waals surface area contributed by atoms with Gasteiger partial charge in [0, 0.05) is 25.2 Å². The molecule has 1 fully saturated rings. The van der Waals surface area contributed by atoms with Crippen molar-refractivity contribution in [3.05, 3.63) is 18.0 Å². The number of aromatic nitrogens is 2. The maximum atomic E-state index is 14.8. The van der Waals surface area contributed by atoms with Crippen molar-refractivity contribution < 1.29 is 4.39 Å². The molecule has 1 aliphatic heterocycles. The van der Waals surface area contributed by atoms with Crippen LogP contribution in [0.5, 0.6) is 0 Å². The summed E-state index contributed by atoms with van der Waals surface area (Å²) >= 11 is 0. The highest BCUT2D eigenvalue weighted by Crippen LogP contribution is 2.32. The van der Waals surface area contributed by atoms with Gasteiger partial charge in [-0.2, -0.15) is 5.10 Å². The number of hydrogen-bond donors (Lipinski definition) is 1. The van der Waals surface area contributed by atoms with E-state index in [1.807, 2.05) is 6.92 Å². The first kappa shape index (κ1) is 12.6. The van der Waals surface area contributed by atoms with E-state index in [9.17, 15) is 4.39 Å². The standard InChI is InChI=1S/C13H22FN3/c1-3-17-12(7-9-16-17)13(2,14)10-11-6-4-5-8-15-11/h7,9,11,15H,3-6,8,10H2,1-2H3. The molecular weight excluding hydrogens is 217 g/mol. The van der Waals surface area contributed by atoms with E-state index in [1.165, 1.54) is 12.8 Å². The normalized spacial score (nSPS) is 24.5. The number of piperidine rings is 1. The van der Waals surface area contributed by atoms with E-state index in [0.717, 1.165) is 19.5 Å². The van der Waals surface area contributed by atoms with Gasteiger partial charge in [0.15, 0.2) is 5.67 Å². The number of hydrogen-bond acceptors (Lipinski definition) is 2. The van der Waals surface area contributed by atoms with Gasteiger partial charge in [0.05, 0.1) is 5.69 Å². The second-order valence-corrected chi connectivity index (χ2v) is 5.08. The molecule has 17 heavy (non-hydrogen) atoms. The SMILES string of the molecule is CCn1nccc1C(C)(F)CC1CCCCN1. The molecule has 3 nitrogen and oxygen atoms in total. The van der Waals surface area contributed by atoms with E-state index in [4.69, 9.17) is 0 Å². The molecule has 96 valence electrons. The smallest absolute Gasteiger partial charge is 0.151 e. The van der Waals surface area contributed by atoms with Crippen molar-refractivity contribution in [1.82, 2.24) is 15.1 Å². The van der Waals surface area contributed by atoms with Gasteiger partial charge < -0.3 is 5.32 Å². The summed E-state index contributed by atoms with van der Waals surface area (Å²) in [5, 5.41) is 7.56. The first-order valence-electron chi connectivity index (χ1n) is 6.58. The molecule has 2 rings (SSSR count). The summed E-state index contributed by atoms with van der Waals surface area (Å²) in [5.74, 6) is 0. The molecule has 1 aromatic heterocycles. The van der Waals surface area contributed by atoms with Crippen molar-refractivity contribution in [2.45, 2.75) is 57.8 Å². The van der Waals surface area contributed by atoms with Gasteiger partial charge in [-0.05, 0) is 39.3 Å². The minimum Gasteiger partial charge on any atom is -0.314 e. The van der Waals surface area contributed by atoms with Crippen molar-refractivity contribution in [2.24, 2.45) is 0 Å². The third kappa shape index (κ3) is 2.86. The Hall–Kier alpha value is -0.900. The zero-order valence-electron chi connectivity index (χ0n) is 10.7. The molecule has 0 bridgehead atoms. The summed E-state index contributed by atoms with van der Waals surface area (Å²) in [5.41, 5.74) is -0.589. The fourth-order valence-corrected chi connectivity index (χ4v) is 2.69. The van der Waals surface area contributed by atoms with Crippen LogP contribution in [0.15, 0.2) is 12.3 Å². The van der Waals surface area contributed by atoms with E-state index < -0.39 is 5.67 Å².